The van der Waals surface area contributed by atoms with Gasteiger partial charge < -0.3 is 18.3 Å². The molecule has 0 radical (unpaired) electrons. The van der Waals surface area contributed by atoms with E-state index in [1.54, 1.807) is 0 Å². The maximum Gasteiger partial charge on any atom is 0.495 e. The van der Waals surface area contributed by atoms with Crippen LogP contribution in [0.25, 0.3) is 22.0 Å². The van der Waals surface area contributed by atoms with Crippen LogP contribution in [0.5, 0.6) is 0 Å². The lowest BCUT2D eigenvalue weighted by Crippen LogP contribution is -2.41. The largest absolute Gasteiger partial charge is 0.495 e. The Morgan fingerprint density at radius 1 is 1.15 bits per heavy atom. The third-order valence-electron chi connectivity index (χ3n) is 6.37. The Labute approximate surface area is 157 Å². The lowest BCUT2D eigenvalue weighted by atomic mass is 9.75. The molecule has 27 heavy (non-hydrogen) atoms. The van der Waals surface area contributed by atoms with Gasteiger partial charge in [0.25, 0.3) is 5.56 Å². The van der Waals surface area contributed by atoms with Crippen molar-refractivity contribution in [1.82, 2.24) is 9.55 Å². The van der Waals surface area contributed by atoms with Crippen LogP contribution in [0, 0.1) is 6.92 Å². The third kappa shape index (κ3) is 2.28. The molecule has 1 aliphatic heterocycles. The number of hydrogen-bond donors (Lipinski definition) is 0. The molecule has 140 valence electrons. The standard InChI is InChI=1S/C20H23BN2O4/c1-11-14(21-26-19(2,3)20(4,5)27-21)9-8-13-16(11)23(12-6-7-12)18(24)15-17(13)25-10-22-15/h8-10,12H,6-7H2,1-5H3. The van der Waals surface area contributed by atoms with Crippen molar-refractivity contribution >= 4 is 34.6 Å². The maximum absolute atomic E-state index is 13.1. The van der Waals surface area contributed by atoms with Gasteiger partial charge in [-0.25, -0.2) is 4.98 Å². The summed E-state index contributed by atoms with van der Waals surface area (Å²) in [6.07, 6.45) is 3.37. The Hall–Kier alpha value is -2.12. The van der Waals surface area contributed by atoms with Gasteiger partial charge in [-0.3, -0.25) is 4.79 Å². The van der Waals surface area contributed by atoms with Gasteiger partial charge in [0.05, 0.1) is 16.7 Å². The van der Waals surface area contributed by atoms with Gasteiger partial charge in [0, 0.05) is 11.4 Å². The van der Waals surface area contributed by atoms with E-state index >= 15 is 0 Å². The smallest absolute Gasteiger partial charge is 0.443 e. The van der Waals surface area contributed by atoms with Crippen LogP contribution in [0.3, 0.4) is 0 Å². The molecule has 6 nitrogen and oxygen atoms in total. The molecule has 1 aliphatic carbocycles. The van der Waals surface area contributed by atoms with E-state index in [0.717, 1.165) is 34.8 Å². The van der Waals surface area contributed by atoms with Crippen molar-refractivity contribution in [1.29, 1.82) is 0 Å². The van der Waals surface area contributed by atoms with Crippen LogP contribution >= 0.6 is 0 Å². The van der Waals surface area contributed by atoms with Gasteiger partial charge in [-0.1, -0.05) is 6.07 Å². The van der Waals surface area contributed by atoms with Crippen molar-refractivity contribution in [3.8, 4) is 0 Å². The Morgan fingerprint density at radius 2 is 1.81 bits per heavy atom. The topological polar surface area (TPSA) is 66.5 Å². The molecule has 0 unspecified atom stereocenters. The van der Waals surface area contributed by atoms with E-state index in [4.69, 9.17) is 13.7 Å². The van der Waals surface area contributed by atoms with Crippen molar-refractivity contribution in [3.05, 3.63) is 34.4 Å². The summed E-state index contributed by atoms with van der Waals surface area (Å²) in [4.78, 5) is 17.2. The van der Waals surface area contributed by atoms with Crippen LogP contribution < -0.4 is 11.0 Å². The van der Waals surface area contributed by atoms with Crippen LogP contribution in [0.2, 0.25) is 0 Å². The normalized spacial score (nSPS) is 21.4. The second-order valence-corrected chi connectivity index (χ2v) is 8.70. The van der Waals surface area contributed by atoms with Crippen LogP contribution in [0.1, 0.15) is 52.1 Å². The van der Waals surface area contributed by atoms with Gasteiger partial charge in [-0.15, -0.1) is 0 Å². The summed E-state index contributed by atoms with van der Waals surface area (Å²) in [5.74, 6) is 0. The second kappa shape index (κ2) is 5.23. The second-order valence-electron chi connectivity index (χ2n) is 8.70. The molecular weight excluding hydrogens is 343 g/mol. The minimum atomic E-state index is -0.465. The van der Waals surface area contributed by atoms with Crippen LogP contribution in [0.15, 0.2) is 27.7 Å². The molecule has 0 amide bonds. The minimum Gasteiger partial charge on any atom is -0.443 e. The molecule has 1 aromatic carbocycles. The molecule has 3 aromatic rings. The Balaban J connectivity index is 1.78. The van der Waals surface area contributed by atoms with Gasteiger partial charge in [0.1, 0.15) is 0 Å². The number of fused-ring (bicyclic) bond motifs is 3. The fourth-order valence-corrected chi connectivity index (χ4v) is 3.92. The molecule has 0 bridgehead atoms. The molecule has 0 N–H and O–H groups in total. The zero-order valence-corrected chi connectivity index (χ0v) is 16.3. The Morgan fingerprint density at radius 3 is 2.44 bits per heavy atom. The summed E-state index contributed by atoms with van der Waals surface area (Å²) in [6.45, 7) is 10.2. The summed E-state index contributed by atoms with van der Waals surface area (Å²) < 4.78 is 20.0. The molecule has 5 rings (SSSR count). The predicted octanol–water partition coefficient (Wildman–Crippen LogP) is 3.09. The molecular formula is C20H23BN2O4. The van der Waals surface area contributed by atoms with Gasteiger partial charge in [-0.2, -0.15) is 0 Å². The monoisotopic (exact) mass is 366 g/mol. The average Bonchev–Trinajstić information content (AvgIpc) is 3.23. The highest BCUT2D eigenvalue weighted by Crippen LogP contribution is 2.39. The number of pyridine rings is 1. The van der Waals surface area contributed by atoms with Crippen molar-refractivity contribution in [2.45, 2.75) is 64.7 Å². The van der Waals surface area contributed by atoms with E-state index in [1.807, 2.05) is 51.3 Å². The zero-order valence-electron chi connectivity index (χ0n) is 16.3. The van der Waals surface area contributed by atoms with Crippen LogP contribution in [-0.2, 0) is 9.31 Å². The van der Waals surface area contributed by atoms with E-state index in [-0.39, 0.29) is 11.6 Å². The van der Waals surface area contributed by atoms with Crippen molar-refractivity contribution < 1.29 is 13.7 Å². The maximum atomic E-state index is 13.1. The van der Waals surface area contributed by atoms with Gasteiger partial charge in [-0.05, 0) is 64.6 Å². The molecule has 2 aromatic heterocycles. The minimum absolute atomic E-state index is 0.0806. The molecule has 1 saturated carbocycles. The first kappa shape index (κ1) is 17.0. The van der Waals surface area contributed by atoms with Gasteiger partial charge >= 0.3 is 7.12 Å². The average molecular weight is 366 g/mol. The Kier molecular flexibility index (Phi) is 3.30. The predicted molar refractivity (Wildman–Crippen MR) is 104 cm³/mol. The van der Waals surface area contributed by atoms with E-state index in [2.05, 4.69) is 4.98 Å². The summed E-state index contributed by atoms with van der Waals surface area (Å²) >= 11 is 0. The number of nitrogens with zero attached hydrogens (tertiary/aromatic N) is 2. The van der Waals surface area contributed by atoms with Gasteiger partial charge in [0.15, 0.2) is 17.5 Å². The Bertz CT molecular complexity index is 1120. The fraction of sp³-hybridized carbons (Fsp3) is 0.500. The van der Waals surface area contributed by atoms with Crippen molar-refractivity contribution in [3.63, 3.8) is 0 Å². The molecule has 2 aliphatic rings. The highest BCUT2D eigenvalue weighted by Gasteiger charge is 2.52. The molecule has 3 heterocycles. The van der Waals surface area contributed by atoms with Crippen molar-refractivity contribution in [2.24, 2.45) is 0 Å². The number of rotatable bonds is 2. The summed E-state index contributed by atoms with van der Waals surface area (Å²) in [5, 5.41) is 0.909. The first-order chi connectivity index (χ1) is 12.7. The summed E-state index contributed by atoms with van der Waals surface area (Å²) in [7, 11) is -0.465. The SMILES string of the molecule is Cc1c(B2OC(C)(C)C(C)(C)O2)ccc2c3ocnc3c(=O)n(C3CC3)c12. The van der Waals surface area contributed by atoms with Crippen molar-refractivity contribution in [2.75, 3.05) is 0 Å². The number of aromatic nitrogens is 2. The molecule has 0 atom stereocenters. The van der Waals surface area contributed by atoms with E-state index < -0.39 is 18.3 Å². The van der Waals surface area contributed by atoms with Crippen LogP contribution in [-0.4, -0.2) is 27.9 Å². The lowest BCUT2D eigenvalue weighted by molar-refractivity contribution is 0.00578. The number of oxazole rings is 1. The quantitative estimate of drug-likeness (QED) is 0.652. The zero-order chi connectivity index (χ0) is 19.1. The first-order valence-electron chi connectivity index (χ1n) is 9.48. The summed E-state index contributed by atoms with van der Waals surface area (Å²) in [5.41, 5.74) is 2.89. The fourth-order valence-electron chi connectivity index (χ4n) is 3.92. The number of aryl methyl sites for hydroxylation is 1. The summed E-state index contributed by atoms with van der Waals surface area (Å²) in [6, 6.07) is 4.24. The first-order valence-corrected chi connectivity index (χ1v) is 9.48. The third-order valence-corrected chi connectivity index (χ3v) is 6.37. The van der Waals surface area contributed by atoms with Gasteiger partial charge in [0.2, 0.25) is 0 Å². The highest BCUT2D eigenvalue weighted by molar-refractivity contribution is 6.63. The lowest BCUT2D eigenvalue weighted by Gasteiger charge is -2.32. The van der Waals surface area contributed by atoms with E-state index in [1.165, 1.54) is 6.39 Å². The molecule has 7 heteroatoms. The van der Waals surface area contributed by atoms with E-state index in [0.29, 0.717) is 11.1 Å². The van der Waals surface area contributed by atoms with Crippen LogP contribution in [0.4, 0.5) is 0 Å². The number of hydrogen-bond acceptors (Lipinski definition) is 5. The highest BCUT2D eigenvalue weighted by atomic mass is 16.7. The molecule has 1 saturated heterocycles. The van der Waals surface area contributed by atoms with E-state index in [9.17, 15) is 4.79 Å². The number of benzene rings is 1. The molecule has 2 fully saturated rings. The molecule has 0 spiro atoms.